The summed E-state index contributed by atoms with van der Waals surface area (Å²) in [5, 5.41) is 12.3. The van der Waals surface area contributed by atoms with Crippen molar-refractivity contribution < 1.29 is 8.42 Å². The number of rotatable bonds is 5. The van der Waals surface area contributed by atoms with Crippen LogP contribution >= 0.6 is 0 Å². The van der Waals surface area contributed by atoms with Crippen LogP contribution in [-0.2, 0) is 23.5 Å². The number of primary sulfonamides is 1. The standard InChI is InChI=1S/C11H16N6O2S/c1-17-7-15-11(16-17)4-5-14-8-2-3-10(9(12)6-8)20(13,18)19/h2-3,6-7,14H,4-5,12H2,1H3,(H2,13,18,19). The summed E-state index contributed by atoms with van der Waals surface area (Å²) in [5.74, 6) is 0.731. The second-order valence-electron chi connectivity index (χ2n) is 4.31. The molecule has 9 heteroatoms. The number of nitrogens with zero attached hydrogens (tertiary/aromatic N) is 3. The molecule has 0 aliphatic heterocycles. The first kappa shape index (κ1) is 14.3. The number of nitrogens with two attached hydrogens (primary N) is 2. The fraction of sp³-hybridized carbons (Fsp3) is 0.273. The van der Waals surface area contributed by atoms with E-state index < -0.39 is 10.0 Å². The minimum atomic E-state index is -3.79. The third-order valence-electron chi connectivity index (χ3n) is 2.64. The highest BCUT2D eigenvalue weighted by molar-refractivity contribution is 7.89. The van der Waals surface area contributed by atoms with Crippen molar-refractivity contribution in [3.05, 3.63) is 30.4 Å². The zero-order valence-corrected chi connectivity index (χ0v) is 11.8. The van der Waals surface area contributed by atoms with E-state index in [-0.39, 0.29) is 10.6 Å². The highest BCUT2D eigenvalue weighted by Gasteiger charge is 2.12. The quantitative estimate of drug-likeness (QED) is 0.650. The first-order chi connectivity index (χ1) is 9.36. The van der Waals surface area contributed by atoms with E-state index in [1.165, 1.54) is 12.1 Å². The van der Waals surface area contributed by atoms with Crippen LogP contribution in [0.2, 0.25) is 0 Å². The lowest BCUT2D eigenvalue weighted by Crippen LogP contribution is -2.14. The molecule has 0 aliphatic carbocycles. The molecule has 2 rings (SSSR count). The second-order valence-corrected chi connectivity index (χ2v) is 5.84. The van der Waals surface area contributed by atoms with Crippen molar-refractivity contribution >= 4 is 21.4 Å². The van der Waals surface area contributed by atoms with Crippen LogP contribution in [0.25, 0.3) is 0 Å². The topological polar surface area (TPSA) is 129 Å². The molecule has 5 N–H and O–H groups in total. The van der Waals surface area contributed by atoms with Gasteiger partial charge in [-0.25, -0.2) is 18.5 Å². The van der Waals surface area contributed by atoms with Crippen LogP contribution in [0.15, 0.2) is 29.4 Å². The molecule has 8 nitrogen and oxygen atoms in total. The number of hydrogen-bond acceptors (Lipinski definition) is 6. The number of sulfonamides is 1. The molecule has 0 unspecified atom stereocenters. The molecule has 0 atom stereocenters. The van der Waals surface area contributed by atoms with Gasteiger partial charge in [0.15, 0.2) is 5.82 Å². The number of nitrogen functional groups attached to an aromatic ring is 1. The molecule has 1 aromatic heterocycles. The smallest absolute Gasteiger partial charge is 0.240 e. The summed E-state index contributed by atoms with van der Waals surface area (Å²) in [6.45, 7) is 0.609. The van der Waals surface area contributed by atoms with E-state index in [1.54, 1.807) is 24.1 Å². The van der Waals surface area contributed by atoms with Gasteiger partial charge in [-0.05, 0) is 18.2 Å². The largest absolute Gasteiger partial charge is 0.398 e. The summed E-state index contributed by atoms with van der Waals surface area (Å²) in [5.41, 5.74) is 6.50. The number of nitrogens with one attached hydrogen (secondary N) is 1. The van der Waals surface area contributed by atoms with Gasteiger partial charge < -0.3 is 11.1 Å². The first-order valence-corrected chi connectivity index (χ1v) is 7.41. The third-order valence-corrected chi connectivity index (χ3v) is 3.63. The summed E-state index contributed by atoms with van der Waals surface area (Å²) in [7, 11) is -1.98. The predicted octanol–water partition coefficient (Wildman–Crippen LogP) is -0.301. The summed E-state index contributed by atoms with van der Waals surface area (Å²) < 4.78 is 24.1. The Hall–Kier alpha value is -2.13. The van der Waals surface area contributed by atoms with Crippen LogP contribution in [0.5, 0.6) is 0 Å². The van der Waals surface area contributed by atoms with Crippen molar-refractivity contribution in [2.24, 2.45) is 12.2 Å². The van der Waals surface area contributed by atoms with Crippen LogP contribution in [0.1, 0.15) is 5.82 Å². The van der Waals surface area contributed by atoms with Crippen LogP contribution < -0.4 is 16.2 Å². The van der Waals surface area contributed by atoms with E-state index in [2.05, 4.69) is 15.4 Å². The number of aryl methyl sites for hydroxylation is 1. The van der Waals surface area contributed by atoms with E-state index in [1.807, 2.05) is 0 Å². The molecule has 108 valence electrons. The number of hydrogen-bond donors (Lipinski definition) is 3. The Morgan fingerprint density at radius 1 is 1.40 bits per heavy atom. The van der Waals surface area contributed by atoms with E-state index in [4.69, 9.17) is 10.9 Å². The number of anilines is 2. The maximum absolute atomic E-state index is 11.2. The van der Waals surface area contributed by atoms with E-state index in [0.717, 1.165) is 5.82 Å². The normalized spacial score (nSPS) is 11.5. The summed E-state index contributed by atoms with van der Waals surface area (Å²) in [6, 6.07) is 4.53. The van der Waals surface area contributed by atoms with Gasteiger partial charge in [0.25, 0.3) is 0 Å². The Morgan fingerprint density at radius 3 is 2.70 bits per heavy atom. The molecule has 0 amide bonds. The van der Waals surface area contributed by atoms with Crippen molar-refractivity contribution in [2.45, 2.75) is 11.3 Å². The van der Waals surface area contributed by atoms with E-state index in [9.17, 15) is 8.42 Å². The van der Waals surface area contributed by atoms with Gasteiger partial charge in [-0.15, -0.1) is 0 Å². The minimum Gasteiger partial charge on any atom is -0.398 e. The number of aromatic nitrogens is 3. The highest BCUT2D eigenvalue weighted by atomic mass is 32.2. The zero-order chi connectivity index (χ0) is 14.8. The lowest BCUT2D eigenvalue weighted by molar-refractivity contribution is 0.598. The van der Waals surface area contributed by atoms with Gasteiger partial charge in [-0.1, -0.05) is 0 Å². The lowest BCUT2D eigenvalue weighted by atomic mass is 10.2. The highest BCUT2D eigenvalue weighted by Crippen LogP contribution is 2.21. The summed E-state index contributed by atoms with van der Waals surface area (Å²) >= 11 is 0. The molecular weight excluding hydrogens is 280 g/mol. The molecule has 0 aliphatic rings. The Balaban J connectivity index is 1.99. The van der Waals surface area contributed by atoms with Gasteiger partial charge in [0.1, 0.15) is 11.2 Å². The molecule has 0 spiro atoms. The van der Waals surface area contributed by atoms with Crippen LogP contribution in [-0.4, -0.2) is 29.7 Å². The van der Waals surface area contributed by atoms with Crippen molar-refractivity contribution in [3.8, 4) is 0 Å². The van der Waals surface area contributed by atoms with Crippen molar-refractivity contribution in [2.75, 3.05) is 17.6 Å². The maximum atomic E-state index is 11.2. The average molecular weight is 296 g/mol. The Labute approximate surface area is 116 Å². The molecule has 0 fully saturated rings. The van der Waals surface area contributed by atoms with Crippen molar-refractivity contribution in [1.29, 1.82) is 0 Å². The average Bonchev–Trinajstić information content (AvgIpc) is 2.73. The molecule has 0 saturated heterocycles. The Kier molecular flexibility index (Phi) is 3.91. The second kappa shape index (κ2) is 5.47. The molecule has 20 heavy (non-hydrogen) atoms. The Bertz CT molecular complexity index is 709. The summed E-state index contributed by atoms with van der Waals surface area (Å²) in [6.07, 6.45) is 2.28. The SMILES string of the molecule is Cn1cnc(CCNc2ccc(S(N)(=O)=O)c(N)c2)n1. The van der Waals surface area contributed by atoms with E-state index >= 15 is 0 Å². The van der Waals surface area contributed by atoms with Gasteiger partial charge in [0.2, 0.25) is 10.0 Å². The molecule has 0 saturated carbocycles. The predicted molar refractivity (Wildman–Crippen MR) is 75.4 cm³/mol. The van der Waals surface area contributed by atoms with E-state index in [0.29, 0.717) is 18.7 Å². The molecule has 1 aromatic carbocycles. The number of benzene rings is 1. The molecule has 0 radical (unpaired) electrons. The van der Waals surface area contributed by atoms with Crippen molar-refractivity contribution in [1.82, 2.24) is 14.8 Å². The van der Waals surface area contributed by atoms with Crippen LogP contribution in [0, 0.1) is 0 Å². The third kappa shape index (κ3) is 3.45. The van der Waals surface area contributed by atoms with Gasteiger partial charge in [-0.3, -0.25) is 4.68 Å². The fourth-order valence-electron chi connectivity index (χ4n) is 1.73. The molecular formula is C11H16N6O2S. The van der Waals surface area contributed by atoms with Gasteiger partial charge in [0, 0.05) is 25.7 Å². The van der Waals surface area contributed by atoms with Crippen LogP contribution in [0.4, 0.5) is 11.4 Å². The van der Waals surface area contributed by atoms with Gasteiger partial charge in [-0.2, -0.15) is 5.10 Å². The van der Waals surface area contributed by atoms with Gasteiger partial charge in [0.05, 0.1) is 5.69 Å². The zero-order valence-electron chi connectivity index (χ0n) is 10.9. The van der Waals surface area contributed by atoms with Gasteiger partial charge >= 0.3 is 0 Å². The molecule has 2 aromatic rings. The first-order valence-electron chi connectivity index (χ1n) is 5.87. The molecule has 0 bridgehead atoms. The molecule has 1 heterocycles. The lowest BCUT2D eigenvalue weighted by Gasteiger charge is -2.08. The fourth-order valence-corrected chi connectivity index (χ4v) is 2.38. The van der Waals surface area contributed by atoms with Crippen LogP contribution in [0.3, 0.4) is 0 Å². The van der Waals surface area contributed by atoms with Crippen molar-refractivity contribution in [3.63, 3.8) is 0 Å². The Morgan fingerprint density at radius 2 is 2.15 bits per heavy atom. The minimum absolute atomic E-state index is 0.0746. The monoisotopic (exact) mass is 296 g/mol. The summed E-state index contributed by atoms with van der Waals surface area (Å²) in [4.78, 5) is 4.03. The maximum Gasteiger partial charge on any atom is 0.240 e.